The largest absolute Gasteiger partial charge is 0.262 e. The molecule has 0 heterocycles. The predicted octanol–water partition coefficient (Wildman–Crippen LogP) is 2.90. The highest BCUT2D eigenvalue weighted by molar-refractivity contribution is 9.10. The van der Waals surface area contributed by atoms with E-state index in [4.69, 9.17) is 27.5 Å². The molecule has 0 unspecified atom stereocenters. The van der Waals surface area contributed by atoms with Gasteiger partial charge in [0, 0.05) is 10.7 Å². The van der Waals surface area contributed by atoms with Crippen molar-refractivity contribution in [1.82, 2.24) is 0 Å². The minimum absolute atomic E-state index is 0.128. The first-order valence-corrected chi connectivity index (χ1v) is 6.68. The lowest BCUT2D eigenvalue weighted by Gasteiger charge is -2.02. The van der Waals surface area contributed by atoms with Crippen LogP contribution in [0.15, 0.2) is 21.5 Å². The summed E-state index contributed by atoms with van der Waals surface area (Å²) in [5.74, 6) is 0. The Bertz CT molecular complexity index is 521. The monoisotopic (exact) mass is 313 g/mol. The van der Waals surface area contributed by atoms with Crippen LogP contribution in [0.5, 0.6) is 0 Å². The minimum Gasteiger partial charge on any atom is -0.207 e. The summed E-state index contributed by atoms with van der Waals surface area (Å²) < 4.78 is 22.2. The summed E-state index contributed by atoms with van der Waals surface area (Å²) in [5.41, 5.74) is 0.137. The molecular weight excluding hydrogens is 313 g/mol. The van der Waals surface area contributed by atoms with Gasteiger partial charge in [0.15, 0.2) is 0 Å². The maximum Gasteiger partial charge on any atom is 0.262 e. The maximum absolute atomic E-state index is 11.0. The second kappa shape index (κ2) is 4.07. The quantitative estimate of drug-likeness (QED) is 0.749. The van der Waals surface area contributed by atoms with E-state index in [2.05, 4.69) is 15.9 Å². The van der Waals surface area contributed by atoms with Gasteiger partial charge in [-0.05, 0) is 28.1 Å². The Kier molecular flexibility index (Phi) is 3.43. The van der Waals surface area contributed by atoms with Crippen LogP contribution in [0.1, 0.15) is 5.56 Å². The Hall–Kier alpha value is -0.280. The highest BCUT2D eigenvalue weighted by Crippen LogP contribution is 2.32. The van der Waals surface area contributed by atoms with Gasteiger partial charge in [0.1, 0.15) is 0 Å². The molecule has 0 saturated carbocycles. The first kappa shape index (κ1) is 11.8. The fourth-order valence-corrected chi connectivity index (χ4v) is 3.19. The number of benzene rings is 1. The van der Waals surface area contributed by atoms with Crippen molar-refractivity contribution in [3.63, 3.8) is 0 Å². The van der Waals surface area contributed by atoms with Crippen molar-refractivity contribution in [3.05, 3.63) is 27.2 Å². The zero-order valence-electron chi connectivity index (χ0n) is 6.46. The second-order valence-corrected chi connectivity index (χ2v) is 6.05. The maximum atomic E-state index is 11.0. The summed E-state index contributed by atoms with van der Waals surface area (Å²) in [6, 6.07) is 4.27. The van der Waals surface area contributed by atoms with Crippen LogP contribution in [0.2, 0.25) is 5.02 Å². The molecule has 1 rings (SSSR count). The van der Waals surface area contributed by atoms with E-state index in [1.165, 1.54) is 6.07 Å². The smallest absolute Gasteiger partial charge is 0.207 e. The third kappa shape index (κ3) is 2.39. The van der Waals surface area contributed by atoms with Crippen LogP contribution in [0.3, 0.4) is 0 Å². The Morgan fingerprint density at radius 1 is 1.43 bits per heavy atom. The topological polar surface area (TPSA) is 57.9 Å². The van der Waals surface area contributed by atoms with E-state index < -0.39 is 9.05 Å². The first-order valence-electron chi connectivity index (χ1n) is 3.20. The summed E-state index contributed by atoms with van der Waals surface area (Å²) in [7, 11) is 1.24. The standard InChI is InChI=1S/C7H2BrCl2NO2S/c8-7-5(9)1-4(3-11)2-6(7)14(10,12)13/h1-2H. The van der Waals surface area contributed by atoms with Crippen molar-refractivity contribution in [2.24, 2.45) is 0 Å². The molecule has 7 heteroatoms. The van der Waals surface area contributed by atoms with Crippen molar-refractivity contribution in [3.8, 4) is 6.07 Å². The minimum atomic E-state index is -3.90. The molecule has 1 aromatic rings. The number of hydrogen-bond acceptors (Lipinski definition) is 3. The average Bonchev–Trinajstić information content (AvgIpc) is 2.07. The highest BCUT2D eigenvalue weighted by Gasteiger charge is 2.17. The lowest BCUT2D eigenvalue weighted by atomic mass is 10.2. The van der Waals surface area contributed by atoms with Gasteiger partial charge in [0.2, 0.25) is 0 Å². The molecule has 1 aromatic carbocycles. The number of hydrogen-bond donors (Lipinski definition) is 0. The molecule has 0 aliphatic heterocycles. The van der Waals surface area contributed by atoms with Gasteiger partial charge in [-0.2, -0.15) is 5.26 Å². The summed E-state index contributed by atoms with van der Waals surface area (Å²) in [6.07, 6.45) is 0. The van der Waals surface area contributed by atoms with Crippen LogP contribution >= 0.6 is 38.2 Å². The van der Waals surface area contributed by atoms with Crippen molar-refractivity contribution >= 4 is 47.3 Å². The second-order valence-electron chi connectivity index (χ2n) is 2.32. The van der Waals surface area contributed by atoms with Gasteiger partial charge in [-0.1, -0.05) is 11.6 Å². The zero-order valence-corrected chi connectivity index (χ0v) is 10.4. The lowest BCUT2D eigenvalue weighted by Crippen LogP contribution is -1.94. The van der Waals surface area contributed by atoms with Crippen LogP contribution in [0, 0.1) is 11.3 Å². The van der Waals surface area contributed by atoms with Gasteiger partial charge in [0.05, 0.1) is 26.0 Å². The molecule has 0 fully saturated rings. The number of rotatable bonds is 1. The molecule has 0 spiro atoms. The highest BCUT2D eigenvalue weighted by atomic mass is 79.9. The number of nitriles is 1. The van der Waals surface area contributed by atoms with Gasteiger partial charge >= 0.3 is 0 Å². The Morgan fingerprint density at radius 2 is 2.00 bits per heavy atom. The van der Waals surface area contributed by atoms with E-state index in [1.807, 2.05) is 0 Å². The molecule has 74 valence electrons. The van der Waals surface area contributed by atoms with Crippen molar-refractivity contribution in [2.75, 3.05) is 0 Å². The van der Waals surface area contributed by atoms with E-state index in [-0.39, 0.29) is 20.0 Å². The fraction of sp³-hybridized carbons (Fsp3) is 0. The molecule has 0 amide bonds. The van der Waals surface area contributed by atoms with Crippen LogP contribution in [-0.4, -0.2) is 8.42 Å². The van der Waals surface area contributed by atoms with Crippen molar-refractivity contribution < 1.29 is 8.42 Å². The molecule has 0 radical (unpaired) electrons. The van der Waals surface area contributed by atoms with Gasteiger partial charge in [-0.25, -0.2) is 8.42 Å². The van der Waals surface area contributed by atoms with E-state index in [1.54, 1.807) is 6.07 Å². The summed E-state index contributed by atoms with van der Waals surface area (Å²) in [6.45, 7) is 0. The zero-order chi connectivity index (χ0) is 10.9. The van der Waals surface area contributed by atoms with Gasteiger partial charge in [0.25, 0.3) is 9.05 Å². The molecule has 0 aromatic heterocycles. The molecule has 0 aliphatic rings. The van der Waals surface area contributed by atoms with E-state index in [0.717, 1.165) is 6.07 Å². The van der Waals surface area contributed by atoms with Crippen LogP contribution in [0.4, 0.5) is 0 Å². The molecule has 0 atom stereocenters. The number of halogens is 3. The molecule has 0 N–H and O–H groups in total. The average molecular weight is 315 g/mol. The van der Waals surface area contributed by atoms with Gasteiger partial charge < -0.3 is 0 Å². The fourth-order valence-electron chi connectivity index (χ4n) is 0.806. The number of nitrogens with zero attached hydrogens (tertiary/aromatic N) is 1. The third-order valence-corrected chi connectivity index (χ3v) is 4.38. The SMILES string of the molecule is N#Cc1cc(Cl)c(Br)c(S(=O)(=O)Cl)c1. The first-order chi connectivity index (χ1) is 6.36. The molecular formula is C7H2BrCl2NO2S. The van der Waals surface area contributed by atoms with E-state index in [0.29, 0.717) is 0 Å². The van der Waals surface area contributed by atoms with Crippen LogP contribution in [0.25, 0.3) is 0 Å². The normalized spacial score (nSPS) is 11.0. The van der Waals surface area contributed by atoms with Crippen LogP contribution < -0.4 is 0 Å². The van der Waals surface area contributed by atoms with E-state index >= 15 is 0 Å². The van der Waals surface area contributed by atoms with Gasteiger partial charge in [-0.15, -0.1) is 0 Å². The van der Waals surface area contributed by atoms with E-state index in [9.17, 15) is 8.42 Å². The molecule has 14 heavy (non-hydrogen) atoms. The van der Waals surface area contributed by atoms with Crippen molar-refractivity contribution in [1.29, 1.82) is 5.26 Å². The summed E-state index contributed by atoms with van der Waals surface area (Å²) in [5, 5.41) is 8.71. The summed E-state index contributed by atoms with van der Waals surface area (Å²) in [4.78, 5) is -0.205. The Balaban J connectivity index is 3.61. The molecule has 3 nitrogen and oxygen atoms in total. The predicted molar refractivity (Wildman–Crippen MR) is 56.9 cm³/mol. The molecule has 0 bridgehead atoms. The molecule has 0 saturated heterocycles. The molecule has 0 aliphatic carbocycles. The third-order valence-electron chi connectivity index (χ3n) is 1.39. The lowest BCUT2D eigenvalue weighted by molar-refractivity contribution is 0.609. The van der Waals surface area contributed by atoms with Crippen molar-refractivity contribution in [2.45, 2.75) is 4.90 Å². The van der Waals surface area contributed by atoms with Crippen LogP contribution in [-0.2, 0) is 9.05 Å². The van der Waals surface area contributed by atoms with Gasteiger partial charge in [-0.3, -0.25) is 0 Å². The Morgan fingerprint density at radius 3 is 2.43 bits per heavy atom. The summed E-state index contributed by atoms with van der Waals surface area (Å²) >= 11 is 8.66. The Labute approximate surface area is 98.8 Å².